The van der Waals surface area contributed by atoms with Gasteiger partial charge in [-0.25, -0.2) is 4.99 Å². The zero-order chi connectivity index (χ0) is 15.3. The second-order valence-electron chi connectivity index (χ2n) is 6.55. The minimum Gasteiger partial charge on any atom is -0.465 e. The number of aliphatic imine (C=N–C) groups is 1. The van der Waals surface area contributed by atoms with Crippen LogP contribution in [0.4, 0.5) is 0 Å². The lowest BCUT2D eigenvalue weighted by molar-refractivity contribution is -0.773. The fourth-order valence-electron chi connectivity index (χ4n) is 3.38. The predicted molar refractivity (Wildman–Crippen MR) is 84.6 cm³/mol. The largest absolute Gasteiger partial charge is 0.465 e. The number of unbranched alkanes of at least 4 members (excludes halogenated alkanes) is 3. The van der Waals surface area contributed by atoms with Gasteiger partial charge in [0.1, 0.15) is 5.70 Å². The molecule has 21 heavy (non-hydrogen) atoms. The molecule has 0 aromatic carbocycles. The Hall–Kier alpha value is -1.16. The van der Waals surface area contributed by atoms with Gasteiger partial charge in [0, 0.05) is 12.3 Å². The highest BCUT2D eigenvalue weighted by molar-refractivity contribution is 5.74. The van der Waals surface area contributed by atoms with Crippen LogP contribution in [0.5, 0.6) is 0 Å². The van der Waals surface area contributed by atoms with Crippen LogP contribution in [0.3, 0.4) is 0 Å². The van der Waals surface area contributed by atoms with Crippen molar-refractivity contribution in [2.75, 3.05) is 20.2 Å². The molecule has 2 aliphatic rings. The fraction of sp³-hybridized carbons (Fsp3) is 0.765. The van der Waals surface area contributed by atoms with E-state index in [1.165, 1.54) is 31.4 Å². The van der Waals surface area contributed by atoms with Crippen LogP contribution in [0, 0.1) is 11.8 Å². The Balaban J connectivity index is 1.91. The Labute approximate surface area is 128 Å². The summed E-state index contributed by atoms with van der Waals surface area (Å²) in [5.41, 5.74) is 1.33. The van der Waals surface area contributed by atoms with E-state index in [1.54, 1.807) is 0 Å². The number of hydrogen-bond donors (Lipinski definition) is 0. The van der Waals surface area contributed by atoms with Gasteiger partial charge in [0.2, 0.25) is 0 Å². The Bertz CT molecular complexity index is 431. The van der Waals surface area contributed by atoms with E-state index in [2.05, 4.69) is 25.9 Å². The van der Waals surface area contributed by atoms with Crippen LogP contribution in [-0.2, 0) is 9.53 Å². The normalized spacial score (nSPS) is 31.6. The summed E-state index contributed by atoms with van der Waals surface area (Å²) in [6.07, 6.45) is 10.9. The fourth-order valence-corrected chi connectivity index (χ4v) is 3.38. The van der Waals surface area contributed by atoms with Crippen molar-refractivity contribution in [3.05, 3.63) is 11.9 Å². The number of carbonyl (C=O) groups excluding carboxylic acids is 1. The maximum Gasteiger partial charge on any atom is 0.309 e. The molecule has 4 heteroatoms. The molecule has 4 nitrogen and oxygen atoms in total. The van der Waals surface area contributed by atoms with Gasteiger partial charge in [-0.15, -0.1) is 0 Å². The van der Waals surface area contributed by atoms with Crippen molar-refractivity contribution in [2.45, 2.75) is 52.4 Å². The number of quaternary nitrogens is 1. The van der Waals surface area contributed by atoms with Crippen molar-refractivity contribution in [1.29, 1.82) is 0 Å². The van der Waals surface area contributed by atoms with E-state index in [4.69, 9.17) is 4.74 Å². The summed E-state index contributed by atoms with van der Waals surface area (Å²) in [5, 5.41) is 0. The van der Waals surface area contributed by atoms with Gasteiger partial charge in [0.15, 0.2) is 6.34 Å². The smallest absolute Gasteiger partial charge is 0.309 e. The van der Waals surface area contributed by atoms with Gasteiger partial charge in [0.25, 0.3) is 0 Å². The topological polar surface area (TPSA) is 38.7 Å². The maximum absolute atomic E-state index is 11.7. The molecular weight excluding hydrogens is 264 g/mol. The Morgan fingerprint density at radius 2 is 2.14 bits per heavy atom. The number of hydrogen-bond acceptors (Lipinski definition) is 3. The summed E-state index contributed by atoms with van der Waals surface area (Å²) < 4.78 is 6.06. The SMILES string of the molecule is CCCCCC[N+]1(C)C=NC=C1CC1COC(=O)C1CC. The third kappa shape index (κ3) is 3.73. The van der Waals surface area contributed by atoms with Gasteiger partial charge in [-0.3, -0.25) is 9.28 Å². The monoisotopic (exact) mass is 293 g/mol. The molecule has 0 bridgehead atoms. The summed E-state index contributed by atoms with van der Waals surface area (Å²) in [7, 11) is 2.23. The van der Waals surface area contributed by atoms with E-state index in [0.29, 0.717) is 12.5 Å². The first kappa shape index (κ1) is 16.2. The molecule has 118 valence electrons. The molecule has 0 saturated carbocycles. The van der Waals surface area contributed by atoms with E-state index in [0.717, 1.165) is 23.9 Å². The molecule has 1 fully saturated rings. The average Bonchev–Trinajstić information content (AvgIpc) is 3.00. The number of esters is 1. The van der Waals surface area contributed by atoms with Gasteiger partial charge in [-0.05, 0) is 19.3 Å². The van der Waals surface area contributed by atoms with E-state index in [9.17, 15) is 4.79 Å². The lowest BCUT2D eigenvalue weighted by Crippen LogP contribution is -2.41. The first-order valence-corrected chi connectivity index (χ1v) is 8.36. The number of nitrogens with zero attached hydrogens (tertiary/aromatic N) is 2. The summed E-state index contributed by atoms with van der Waals surface area (Å²) in [6, 6.07) is 0. The Kier molecular flexibility index (Phi) is 5.57. The maximum atomic E-state index is 11.7. The predicted octanol–water partition coefficient (Wildman–Crippen LogP) is 3.49. The third-order valence-electron chi connectivity index (χ3n) is 4.90. The first-order valence-electron chi connectivity index (χ1n) is 8.36. The molecule has 0 radical (unpaired) electrons. The van der Waals surface area contributed by atoms with Crippen LogP contribution in [-0.4, -0.2) is 37.0 Å². The molecule has 0 spiro atoms. The Morgan fingerprint density at radius 3 is 2.86 bits per heavy atom. The van der Waals surface area contributed by atoms with E-state index < -0.39 is 0 Å². The van der Waals surface area contributed by atoms with Crippen LogP contribution in [0.2, 0.25) is 0 Å². The van der Waals surface area contributed by atoms with Crippen molar-refractivity contribution in [3.63, 3.8) is 0 Å². The van der Waals surface area contributed by atoms with Crippen molar-refractivity contribution < 1.29 is 14.0 Å². The number of rotatable bonds is 8. The third-order valence-corrected chi connectivity index (χ3v) is 4.90. The summed E-state index contributed by atoms with van der Waals surface area (Å²) >= 11 is 0. The highest BCUT2D eigenvalue weighted by atomic mass is 16.5. The van der Waals surface area contributed by atoms with Gasteiger partial charge >= 0.3 is 5.97 Å². The van der Waals surface area contributed by atoms with Crippen LogP contribution in [0.15, 0.2) is 16.9 Å². The molecule has 0 aromatic rings. The lowest BCUT2D eigenvalue weighted by atomic mass is 9.89. The molecular formula is C17H29N2O2+. The highest BCUT2D eigenvalue weighted by Gasteiger charge is 2.40. The number of carbonyl (C=O) groups is 1. The van der Waals surface area contributed by atoms with Crippen LogP contribution in [0.1, 0.15) is 52.4 Å². The average molecular weight is 293 g/mol. The van der Waals surface area contributed by atoms with Crippen LogP contribution < -0.4 is 0 Å². The summed E-state index contributed by atoms with van der Waals surface area (Å²) in [4.78, 5) is 16.1. The lowest BCUT2D eigenvalue weighted by Gasteiger charge is -2.29. The quantitative estimate of drug-likeness (QED) is 0.390. The number of ether oxygens (including phenoxy) is 1. The number of cyclic esters (lactones) is 1. The van der Waals surface area contributed by atoms with Gasteiger partial charge < -0.3 is 4.74 Å². The minimum absolute atomic E-state index is 0.0147. The van der Waals surface area contributed by atoms with Gasteiger partial charge in [0.05, 0.1) is 32.3 Å². The second-order valence-corrected chi connectivity index (χ2v) is 6.55. The highest BCUT2D eigenvalue weighted by Crippen LogP contribution is 2.34. The molecule has 0 aromatic heterocycles. The molecule has 0 aliphatic carbocycles. The zero-order valence-electron chi connectivity index (χ0n) is 13.7. The van der Waals surface area contributed by atoms with Gasteiger partial charge in [-0.2, -0.15) is 0 Å². The van der Waals surface area contributed by atoms with Crippen molar-refractivity contribution >= 4 is 12.3 Å². The molecule has 0 amide bonds. The van der Waals surface area contributed by atoms with Crippen molar-refractivity contribution in [1.82, 2.24) is 0 Å². The van der Waals surface area contributed by atoms with E-state index in [-0.39, 0.29) is 11.9 Å². The summed E-state index contributed by atoms with van der Waals surface area (Å²) in [5.74, 6) is 0.378. The Morgan fingerprint density at radius 1 is 1.33 bits per heavy atom. The summed E-state index contributed by atoms with van der Waals surface area (Å²) in [6.45, 7) is 5.99. The molecule has 1 saturated heterocycles. The standard InChI is InChI=1S/C17H29N2O2/c1-4-6-7-8-9-19(3)13-18-11-15(19)10-14-12-21-17(20)16(14)5-2/h11,13-14,16H,4-10,12H2,1-3H3/q+1. The van der Waals surface area contributed by atoms with E-state index >= 15 is 0 Å². The first-order chi connectivity index (χ1) is 10.1. The molecule has 3 unspecified atom stereocenters. The minimum atomic E-state index is -0.0147. The molecule has 2 rings (SSSR count). The van der Waals surface area contributed by atoms with Crippen molar-refractivity contribution in [3.8, 4) is 0 Å². The van der Waals surface area contributed by atoms with Crippen LogP contribution >= 0.6 is 0 Å². The van der Waals surface area contributed by atoms with E-state index in [1.807, 2.05) is 12.5 Å². The van der Waals surface area contributed by atoms with Crippen LogP contribution in [0.25, 0.3) is 0 Å². The molecule has 2 heterocycles. The van der Waals surface area contributed by atoms with Gasteiger partial charge in [-0.1, -0.05) is 26.7 Å². The second kappa shape index (κ2) is 7.21. The molecule has 0 N–H and O–H groups in total. The molecule has 2 aliphatic heterocycles. The van der Waals surface area contributed by atoms with Crippen molar-refractivity contribution in [2.24, 2.45) is 16.8 Å². The number of allylic oxidation sites excluding steroid dienone is 1. The zero-order valence-corrected chi connectivity index (χ0v) is 13.7. The molecule has 3 atom stereocenters.